The molecule has 2 rings (SSSR count). The van der Waals surface area contributed by atoms with Crippen LogP contribution < -0.4 is 4.90 Å². The summed E-state index contributed by atoms with van der Waals surface area (Å²) in [5.41, 5.74) is 0.912. The average molecular weight is 268 g/mol. The van der Waals surface area contributed by atoms with Crippen molar-refractivity contribution < 1.29 is 9.90 Å². The molecule has 0 unspecified atom stereocenters. The molecule has 18 heavy (non-hydrogen) atoms. The van der Waals surface area contributed by atoms with Crippen LogP contribution >= 0.6 is 11.3 Å². The molecule has 0 saturated carbocycles. The topological polar surface area (TPSA) is 53.4 Å². The third kappa shape index (κ3) is 3.45. The highest BCUT2D eigenvalue weighted by molar-refractivity contribution is 7.13. The van der Waals surface area contributed by atoms with Gasteiger partial charge in [0.05, 0.1) is 12.1 Å². The molecule has 0 bridgehead atoms. The number of aliphatic carboxylic acids is 1. The molecule has 1 aromatic heterocycles. The largest absolute Gasteiger partial charge is 0.481 e. The van der Waals surface area contributed by atoms with Crippen molar-refractivity contribution in [3.8, 4) is 0 Å². The maximum atomic E-state index is 10.5. The van der Waals surface area contributed by atoms with E-state index in [4.69, 9.17) is 5.11 Å². The number of carboxylic acids is 1. The van der Waals surface area contributed by atoms with E-state index in [-0.39, 0.29) is 6.42 Å². The Morgan fingerprint density at radius 1 is 1.56 bits per heavy atom. The summed E-state index contributed by atoms with van der Waals surface area (Å²) in [5.74, 6) is 0.112. The van der Waals surface area contributed by atoms with E-state index in [0.717, 1.165) is 29.8 Å². The quantitative estimate of drug-likeness (QED) is 0.892. The summed E-state index contributed by atoms with van der Waals surface area (Å²) in [5, 5.41) is 11.7. The van der Waals surface area contributed by atoms with E-state index in [0.29, 0.717) is 6.42 Å². The molecule has 100 valence electrons. The summed E-state index contributed by atoms with van der Waals surface area (Å²) in [6.07, 6.45) is 4.48. The van der Waals surface area contributed by atoms with Crippen LogP contribution in [0.4, 0.5) is 5.13 Å². The molecule has 2 heterocycles. The Morgan fingerprint density at radius 3 is 2.89 bits per heavy atom. The van der Waals surface area contributed by atoms with Gasteiger partial charge >= 0.3 is 5.97 Å². The molecule has 4 nitrogen and oxygen atoms in total. The fourth-order valence-corrected chi connectivity index (χ4v) is 3.24. The number of carbonyl (C=O) groups is 1. The zero-order valence-electron chi connectivity index (χ0n) is 10.8. The molecular weight excluding hydrogens is 248 g/mol. The van der Waals surface area contributed by atoms with Gasteiger partial charge < -0.3 is 10.0 Å². The average Bonchev–Trinajstić information content (AvgIpc) is 2.85. The van der Waals surface area contributed by atoms with Gasteiger partial charge in [0.25, 0.3) is 0 Å². The van der Waals surface area contributed by atoms with Crippen LogP contribution in [0.1, 0.15) is 38.3 Å². The Balaban J connectivity index is 1.88. The van der Waals surface area contributed by atoms with Crippen molar-refractivity contribution in [1.82, 2.24) is 4.98 Å². The molecule has 1 aliphatic heterocycles. The highest BCUT2D eigenvalue weighted by atomic mass is 32.1. The standard InChI is InChI=1S/C13H20N2O2S/c1-2-10-5-7-15(8-6-10)13-14-11(9-18-13)3-4-12(16)17/h9-10H,2-8H2,1H3,(H,16,17). The number of aryl methyl sites for hydroxylation is 1. The van der Waals surface area contributed by atoms with Gasteiger partial charge in [0.2, 0.25) is 0 Å². The van der Waals surface area contributed by atoms with E-state index in [1.807, 2.05) is 5.38 Å². The lowest BCUT2D eigenvalue weighted by Gasteiger charge is -2.31. The van der Waals surface area contributed by atoms with Crippen LogP contribution in [0.25, 0.3) is 0 Å². The molecule has 1 aromatic rings. The summed E-state index contributed by atoms with van der Waals surface area (Å²) in [6, 6.07) is 0. The number of rotatable bonds is 5. The van der Waals surface area contributed by atoms with Crippen LogP contribution in [-0.2, 0) is 11.2 Å². The SMILES string of the molecule is CCC1CCN(c2nc(CCC(=O)O)cs2)CC1. The van der Waals surface area contributed by atoms with Gasteiger partial charge in [0, 0.05) is 24.9 Å². The predicted molar refractivity (Wildman–Crippen MR) is 73.3 cm³/mol. The van der Waals surface area contributed by atoms with Gasteiger partial charge in [-0.3, -0.25) is 4.79 Å². The molecule has 0 radical (unpaired) electrons. The Hall–Kier alpha value is -1.10. The van der Waals surface area contributed by atoms with Gasteiger partial charge in [-0.2, -0.15) is 0 Å². The fraction of sp³-hybridized carbons (Fsp3) is 0.692. The molecular formula is C13H20N2O2S. The highest BCUT2D eigenvalue weighted by Gasteiger charge is 2.20. The third-order valence-electron chi connectivity index (χ3n) is 3.60. The van der Waals surface area contributed by atoms with Gasteiger partial charge in [0.1, 0.15) is 0 Å². The second-order valence-corrected chi connectivity index (χ2v) is 5.69. The number of piperidine rings is 1. The van der Waals surface area contributed by atoms with E-state index in [1.54, 1.807) is 11.3 Å². The van der Waals surface area contributed by atoms with Crippen LogP contribution in [0.15, 0.2) is 5.38 Å². The van der Waals surface area contributed by atoms with E-state index in [9.17, 15) is 4.79 Å². The number of nitrogens with zero attached hydrogens (tertiary/aromatic N) is 2. The zero-order chi connectivity index (χ0) is 13.0. The second kappa shape index (κ2) is 6.18. The maximum absolute atomic E-state index is 10.5. The summed E-state index contributed by atoms with van der Waals surface area (Å²) in [7, 11) is 0. The Labute approximate surface area is 112 Å². The van der Waals surface area contributed by atoms with Gasteiger partial charge in [-0.25, -0.2) is 4.98 Å². The smallest absolute Gasteiger partial charge is 0.303 e. The Bertz CT molecular complexity index is 397. The van der Waals surface area contributed by atoms with Crippen LogP contribution in [0.5, 0.6) is 0 Å². The monoisotopic (exact) mass is 268 g/mol. The molecule has 1 fully saturated rings. The number of aromatic nitrogens is 1. The normalized spacial score (nSPS) is 17.1. The van der Waals surface area contributed by atoms with Gasteiger partial charge in [-0.05, 0) is 18.8 Å². The van der Waals surface area contributed by atoms with Gasteiger partial charge in [0.15, 0.2) is 5.13 Å². The first-order chi connectivity index (χ1) is 8.69. The molecule has 1 aliphatic rings. The van der Waals surface area contributed by atoms with Crippen LogP contribution in [0.3, 0.4) is 0 Å². The molecule has 1 N–H and O–H groups in total. The summed E-state index contributed by atoms with van der Waals surface area (Å²) >= 11 is 1.64. The first-order valence-electron chi connectivity index (χ1n) is 6.60. The second-order valence-electron chi connectivity index (χ2n) is 4.85. The number of hydrogen-bond donors (Lipinski definition) is 1. The first-order valence-corrected chi connectivity index (χ1v) is 7.48. The maximum Gasteiger partial charge on any atom is 0.303 e. The fourth-order valence-electron chi connectivity index (χ4n) is 2.32. The number of hydrogen-bond acceptors (Lipinski definition) is 4. The van der Waals surface area contributed by atoms with Crippen molar-refractivity contribution in [2.24, 2.45) is 5.92 Å². The molecule has 0 aromatic carbocycles. The minimum Gasteiger partial charge on any atom is -0.481 e. The van der Waals surface area contributed by atoms with Crippen molar-refractivity contribution in [2.45, 2.75) is 39.0 Å². The van der Waals surface area contributed by atoms with Crippen molar-refractivity contribution in [3.05, 3.63) is 11.1 Å². The lowest BCUT2D eigenvalue weighted by Crippen LogP contribution is -2.33. The lowest BCUT2D eigenvalue weighted by molar-refractivity contribution is -0.136. The number of thiazole rings is 1. The minimum atomic E-state index is -0.756. The molecule has 0 amide bonds. The molecule has 5 heteroatoms. The third-order valence-corrected chi connectivity index (χ3v) is 4.55. The number of anilines is 1. The van der Waals surface area contributed by atoms with Gasteiger partial charge in [-0.1, -0.05) is 13.3 Å². The van der Waals surface area contributed by atoms with E-state index < -0.39 is 5.97 Å². The highest BCUT2D eigenvalue weighted by Crippen LogP contribution is 2.27. The van der Waals surface area contributed by atoms with Gasteiger partial charge in [-0.15, -0.1) is 11.3 Å². The van der Waals surface area contributed by atoms with Crippen LogP contribution in [0, 0.1) is 5.92 Å². The van der Waals surface area contributed by atoms with E-state index in [1.165, 1.54) is 19.3 Å². The molecule has 0 atom stereocenters. The summed E-state index contributed by atoms with van der Waals surface area (Å²) in [6.45, 7) is 4.43. The summed E-state index contributed by atoms with van der Waals surface area (Å²) in [4.78, 5) is 17.4. The molecule has 0 spiro atoms. The molecule has 0 aliphatic carbocycles. The summed E-state index contributed by atoms with van der Waals surface area (Å²) < 4.78 is 0. The Kier molecular flexibility index (Phi) is 4.58. The van der Waals surface area contributed by atoms with Crippen LogP contribution in [-0.4, -0.2) is 29.1 Å². The number of carboxylic acid groups (broad SMARTS) is 1. The Morgan fingerprint density at radius 2 is 2.28 bits per heavy atom. The zero-order valence-corrected chi connectivity index (χ0v) is 11.6. The van der Waals surface area contributed by atoms with Crippen molar-refractivity contribution in [1.29, 1.82) is 0 Å². The van der Waals surface area contributed by atoms with E-state index in [2.05, 4.69) is 16.8 Å². The van der Waals surface area contributed by atoms with Crippen molar-refractivity contribution >= 4 is 22.4 Å². The lowest BCUT2D eigenvalue weighted by atomic mass is 9.95. The predicted octanol–water partition coefficient (Wildman–Crippen LogP) is 2.79. The van der Waals surface area contributed by atoms with Crippen molar-refractivity contribution in [2.75, 3.05) is 18.0 Å². The van der Waals surface area contributed by atoms with Crippen molar-refractivity contribution in [3.63, 3.8) is 0 Å². The molecule has 1 saturated heterocycles. The van der Waals surface area contributed by atoms with E-state index >= 15 is 0 Å². The van der Waals surface area contributed by atoms with Crippen LogP contribution in [0.2, 0.25) is 0 Å². The first kappa shape index (κ1) is 13.3. The minimum absolute atomic E-state index is 0.168.